The zero-order valence-corrected chi connectivity index (χ0v) is 5.20. The summed E-state index contributed by atoms with van der Waals surface area (Å²) in [4.78, 5) is 7.03. The molecule has 0 radical (unpaired) electrons. The van der Waals surface area contributed by atoms with Crippen molar-refractivity contribution >= 4 is 17.2 Å². The SMILES string of the molecule is [C-]#[N+]c1csc(C)n1. The van der Waals surface area contributed by atoms with Gasteiger partial charge < -0.3 is 4.85 Å². The highest BCUT2D eigenvalue weighted by atomic mass is 32.1. The van der Waals surface area contributed by atoms with Gasteiger partial charge >= 0.3 is 0 Å². The van der Waals surface area contributed by atoms with Gasteiger partial charge in [-0.15, -0.1) is 16.3 Å². The summed E-state index contributed by atoms with van der Waals surface area (Å²) in [5.74, 6) is 0.507. The molecule has 0 N–H and O–H groups in total. The number of thiazole rings is 1. The van der Waals surface area contributed by atoms with Gasteiger partial charge in [-0.25, -0.2) is 0 Å². The summed E-state index contributed by atoms with van der Waals surface area (Å²) >= 11 is 1.50. The zero-order valence-electron chi connectivity index (χ0n) is 4.38. The lowest BCUT2D eigenvalue weighted by atomic mass is 10.8. The predicted molar refractivity (Wildman–Crippen MR) is 33.1 cm³/mol. The fourth-order valence-corrected chi connectivity index (χ4v) is 0.931. The third-order valence-corrected chi connectivity index (χ3v) is 1.48. The average molecular weight is 124 g/mol. The molecule has 1 heterocycles. The Morgan fingerprint density at radius 1 is 1.88 bits per heavy atom. The van der Waals surface area contributed by atoms with Gasteiger partial charge in [-0.2, -0.15) is 0 Å². The molecule has 0 bridgehead atoms. The van der Waals surface area contributed by atoms with Gasteiger partial charge in [-0.05, 0) is 0 Å². The maximum Gasteiger partial charge on any atom is 0.280 e. The Labute approximate surface area is 51.6 Å². The first kappa shape index (κ1) is 5.26. The van der Waals surface area contributed by atoms with E-state index in [1.165, 1.54) is 11.3 Å². The van der Waals surface area contributed by atoms with Crippen LogP contribution < -0.4 is 0 Å². The molecule has 1 rings (SSSR count). The molecule has 0 atom stereocenters. The molecule has 0 saturated carbocycles. The van der Waals surface area contributed by atoms with Gasteiger partial charge in [0.2, 0.25) is 0 Å². The third-order valence-electron chi connectivity index (χ3n) is 0.721. The fraction of sp³-hybridized carbons (Fsp3) is 0.200. The molecule has 0 aromatic carbocycles. The topological polar surface area (TPSA) is 17.2 Å². The van der Waals surface area contributed by atoms with Crippen LogP contribution >= 0.6 is 11.3 Å². The van der Waals surface area contributed by atoms with Crippen molar-refractivity contribution < 1.29 is 0 Å². The Balaban J connectivity index is 3.05. The van der Waals surface area contributed by atoms with Gasteiger partial charge in [-0.1, -0.05) is 6.57 Å². The minimum Gasteiger partial charge on any atom is -0.360 e. The highest BCUT2D eigenvalue weighted by molar-refractivity contribution is 7.09. The second-order valence-corrected chi connectivity index (χ2v) is 2.40. The van der Waals surface area contributed by atoms with E-state index in [1.807, 2.05) is 6.92 Å². The molecule has 0 spiro atoms. The number of aryl methyl sites for hydroxylation is 1. The molecule has 0 unspecified atom stereocenters. The molecule has 8 heavy (non-hydrogen) atoms. The number of aromatic nitrogens is 1. The first-order valence-corrected chi connectivity index (χ1v) is 3.00. The third kappa shape index (κ3) is 0.849. The Hall–Kier alpha value is -0.880. The van der Waals surface area contributed by atoms with Crippen LogP contribution in [0.25, 0.3) is 4.85 Å². The first-order chi connectivity index (χ1) is 3.83. The van der Waals surface area contributed by atoms with E-state index in [0.717, 1.165) is 5.01 Å². The lowest BCUT2D eigenvalue weighted by Gasteiger charge is -1.67. The predicted octanol–water partition coefficient (Wildman–Crippen LogP) is 2.00. The quantitative estimate of drug-likeness (QED) is 0.483. The maximum atomic E-state index is 6.53. The molecule has 1 aromatic rings. The van der Waals surface area contributed by atoms with E-state index in [0.29, 0.717) is 5.82 Å². The Kier molecular flexibility index (Phi) is 1.27. The molecule has 0 aliphatic heterocycles. The normalized spacial score (nSPS) is 8.50. The van der Waals surface area contributed by atoms with Crippen molar-refractivity contribution in [3.63, 3.8) is 0 Å². The highest BCUT2D eigenvalue weighted by Crippen LogP contribution is 2.14. The summed E-state index contributed by atoms with van der Waals surface area (Å²) in [5, 5.41) is 2.71. The number of nitrogens with zero attached hydrogens (tertiary/aromatic N) is 2. The Bertz CT molecular complexity index is 221. The van der Waals surface area contributed by atoms with E-state index in [4.69, 9.17) is 6.57 Å². The summed E-state index contributed by atoms with van der Waals surface area (Å²) in [5.41, 5.74) is 0. The molecule has 40 valence electrons. The van der Waals surface area contributed by atoms with Crippen molar-refractivity contribution in [1.29, 1.82) is 0 Å². The average Bonchev–Trinajstić information content (AvgIpc) is 2.14. The van der Waals surface area contributed by atoms with E-state index in [1.54, 1.807) is 5.38 Å². The minimum absolute atomic E-state index is 0.507. The Morgan fingerprint density at radius 3 is 2.88 bits per heavy atom. The van der Waals surface area contributed by atoms with Gasteiger partial charge in [0.05, 0.1) is 0 Å². The van der Waals surface area contributed by atoms with Gasteiger partial charge in [0.15, 0.2) is 5.01 Å². The van der Waals surface area contributed by atoms with Crippen LogP contribution in [0.5, 0.6) is 0 Å². The minimum atomic E-state index is 0.507. The van der Waals surface area contributed by atoms with E-state index < -0.39 is 0 Å². The fourth-order valence-electron chi connectivity index (χ4n) is 0.403. The van der Waals surface area contributed by atoms with Crippen LogP contribution in [0, 0.1) is 13.5 Å². The first-order valence-electron chi connectivity index (χ1n) is 2.12. The van der Waals surface area contributed by atoms with Crippen molar-refractivity contribution in [2.24, 2.45) is 0 Å². The molecule has 0 fully saturated rings. The van der Waals surface area contributed by atoms with Crippen LogP contribution in [0.1, 0.15) is 5.01 Å². The van der Waals surface area contributed by atoms with E-state index in [2.05, 4.69) is 9.83 Å². The molecule has 3 heteroatoms. The van der Waals surface area contributed by atoms with Crippen molar-refractivity contribution in [2.75, 3.05) is 0 Å². The largest absolute Gasteiger partial charge is 0.360 e. The Morgan fingerprint density at radius 2 is 2.62 bits per heavy atom. The van der Waals surface area contributed by atoms with Crippen molar-refractivity contribution in [2.45, 2.75) is 6.92 Å². The van der Waals surface area contributed by atoms with Gasteiger partial charge in [0, 0.05) is 12.3 Å². The maximum absolute atomic E-state index is 6.53. The summed E-state index contributed by atoms with van der Waals surface area (Å²) < 4.78 is 0. The summed E-state index contributed by atoms with van der Waals surface area (Å²) in [7, 11) is 0. The second-order valence-electron chi connectivity index (χ2n) is 1.34. The van der Waals surface area contributed by atoms with E-state index >= 15 is 0 Å². The summed E-state index contributed by atoms with van der Waals surface area (Å²) in [6.07, 6.45) is 0. The smallest absolute Gasteiger partial charge is 0.280 e. The van der Waals surface area contributed by atoms with Crippen LogP contribution in [0.2, 0.25) is 0 Å². The lowest BCUT2D eigenvalue weighted by molar-refractivity contribution is 1.32. The molecule has 0 saturated heterocycles. The van der Waals surface area contributed by atoms with Crippen LogP contribution in [0.3, 0.4) is 0 Å². The molecule has 1 aromatic heterocycles. The van der Waals surface area contributed by atoms with Crippen molar-refractivity contribution in [1.82, 2.24) is 4.98 Å². The van der Waals surface area contributed by atoms with Crippen LogP contribution in [0.15, 0.2) is 5.38 Å². The number of rotatable bonds is 0. The standard InChI is InChI=1S/C5H4N2S/c1-4-7-5(6-2)3-8-4/h3H,1H3. The highest BCUT2D eigenvalue weighted by Gasteiger charge is 1.95. The monoisotopic (exact) mass is 124 g/mol. The summed E-state index contributed by atoms with van der Waals surface area (Å²) in [6.45, 7) is 8.41. The van der Waals surface area contributed by atoms with Crippen molar-refractivity contribution in [3.05, 3.63) is 21.8 Å². The second kappa shape index (κ2) is 1.93. The molecule has 0 aliphatic rings. The lowest BCUT2D eigenvalue weighted by Crippen LogP contribution is -1.60. The van der Waals surface area contributed by atoms with Gasteiger partial charge in [0.1, 0.15) is 0 Å². The molecular formula is C5H4N2S. The molecule has 0 aliphatic carbocycles. The van der Waals surface area contributed by atoms with Gasteiger partial charge in [-0.3, -0.25) is 0 Å². The van der Waals surface area contributed by atoms with Crippen molar-refractivity contribution in [3.8, 4) is 0 Å². The van der Waals surface area contributed by atoms with Crippen LogP contribution in [0.4, 0.5) is 5.82 Å². The van der Waals surface area contributed by atoms with Crippen LogP contribution in [-0.4, -0.2) is 4.98 Å². The molecular weight excluding hydrogens is 120 g/mol. The number of hydrogen-bond donors (Lipinski definition) is 0. The molecule has 2 nitrogen and oxygen atoms in total. The van der Waals surface area contributed by atoms with Gasteiger partial charge in [0.25, 0.3) is 5.82 Å². The van der Waals surface area contributed by atoms with E-state index in [9.17, 15) is 0 Å². The van der Waals surface area contributed by atoms with E-state index in [-0.39, 0.29) is 0 Å². The number of hydrogen-bond acceptors (Lipinski definition) is 2. The summed E-state index contributed by atoms with van der Waals surface area (Å²) in [6, 6.07) is 0. The molecule has 0 amide bonds. The van der Waals surface area contributed by atoms with Crippen LogP contribution in [-0.2, 0) is 0 Å². The zero-order chi connectivity index (χ0) is 5.98.